The van der Waals surface area contributed by atoms with Gasteiger partial charge < -0.3 is 15.5 Å². The second kappa shape index (κ2) is 6.62. The molecule has 0 radical (unpaired) electrons. The number of amides is 1. The molecule has 3 aromatic rings. The van der Waals surface area contributed by atoms with Crippen LogP contribution in [0.1, 0.15) is 12.0 Å². The molecule has 0 unspecified atom stereocenters. The average molecular weight is 321 g/mol. The van der Waals surface area contributed by atoms with Gasteiger partial charge in [-0.1, -0.05) is 30.3 Å². The summed E-state index contributed by atoms with van der Waals surface area (Å²) in [5, 5.41) is 24.3. The minimum Gasteiger partial charge on any atom is -0.508 e. The first-order valence-corrected chi connectivity index (χ1v) is 7.83. The van der Waals surface area contributed by atoms with Crippen LogP contribution in [0.25, 0.3) is 21.9 Å². The van der Waals surface area contributed by atoms with Crippen molar-refractivity contribution in [2.75, 3.05) is 7.05 Å². The summed E-state index contributed by atoms with van der Waals surface area (Å²) in [6.45, 7) is 0. The molecular weight excluding hydrogens is 302 g/mol. The average Bonchev–Trinajstić information content (AvgIpc) is 2.60. The number of carbonyl (C=O) groups is 1. The first-order chi connectivity index (χ1) is 11.6. The fraction of sp³-hybridized carbons (Fsp3) is 0.150. The number of hydrogen-bond acceptors (Lipinski definition) is 3. The Balaban J connectivity index is 2.02. The molecule has 4 nitrogen and oxygen atoms in total. The summed E-state index contributed by atoms with van der Waals surface area (Å²) >= 11 is 0. The van der Waals surface area contributed by atoms with Crippen LogP contribution in [0.3, 0.4) is 0 Å². The number of phenolic OH excluding ortho intramolecular Hbond substituents is 2. The Bertz CT molecular complexity index is 903. The number of nitrogens with one attached hydrogen (secondary N) is 1. The molecule has 0 aromatic heterocycles. The maximum Gasteiger partial charge on any atom is 0.220 e. The van der Waals surface area contributed by atoms with E-state index in [0.717, 1.165) is 27.5 Å². The third-order valence-electron chi connectivity index (χ3n) is 4.17. The van der Waals surface area contributed by atoms with Gasteiger partial charge in [0.15, 0.2) is 0 Å². The SMILES string of the molecule is CNC(=O)CCc1c(O)ccc2cc(-c3cccc(O)c3)ccc12. The van der Waals surface area contributed by atoms with Crippen LogP contribution < -0.4 is 5.32 Å². The van der Waals surface area contributed by atoms with Crippen molar-refractivity contribution in [3.05, 3.63) is 60.2 Å². The number of hydrogen-bond donors (Lipinski definition) is 3. The molecule has 0 aliphatic carbocycles. The van der Waals surface area contributed by atoms with E-state index in [1.165, 1.54) is 0 Å². The van der Waals surface area contributed by atoms with E-state index < -0.39 is 0 Å². The van der Waals surface area contributed by atoms with E-state index in [2.05, 4.69) is 5.32 Å². The summed E-state index contributed by atoms with van der Waals surface area (Å²) in [6.07, 6.45) is 0.811. The fourth-order valence-electron chi connectivity index (χ4n) is 2.87. The summed E-state index contributed by atoms with van der Waals surface area (Å²) < 4.78 is 0. The lowest BCUT2D eigenvalue weighted by Gasteiger charge is -2.11. The van der Waals surface area contributed by atoms with Crippen molar-refractivity contribution in [2.45, 2.75) is 12.8 Å². The van der Waals surface area contributed by atoms with Crippen LogP contribution in [-0.2, 0) is 11.2 Å². The Kier molecular flexibility index (Phi) is 4.38. The zero-order chi connectivity index (χ0) is 17.1. The van der Waals surface area contributed by atoms with Crippen molar-refractivity contribution >= 4 is 16.7 Å². The molecule has 0 saturated carbocycles. The molecule has 3 rings (SSSR count). The van der Waals surface area contributed by atoms with E-state index in [-0.39, 0.29) is 17.4 Å². The summed E-state index contributed by atoms with van der Waals surface area (Å²) in [7, 11) is 1.60. The third-order valence-corrected chi connectivity index (χ3v) is 4.17. The van der Waals surface area contributed by atoms with E-state index in [1.807, 2.05) is 30.3 Å². The molecule has 0 saturated heterocycles. The predicted molar refractivity (Wildman–Crippen MR) is 95.1 cm³/mol. The van der Waals surface area contributed by atoms with Gasteiger partial charge in [0.2, 0.25) is 5.91 Å². The molecule has 0 heterocycles. The maximum absolute atomic E-state index is 11.5. The third kappa shape index (κ3) is 3.18. The number of phenols is 2. The van der Waals surface area contributed by atoms with E-state index in [9.17, 15) is 15.0 Å². The van der Waals surface area contributed by atoms with Gasteiger partial charge in [-0.3, -0.25) is 4.79 Å². The van der Waals surface area contributed by atoms with Crippen molar-refractivity contribution in [3.8, 4) is 22.6 Å². The molecule has 0 fully saturated rings. The second-order valence-corrected chi connectivity index (χ2v) is 5.72. The maximum atomic E-state index is 11.5. The molecule has 4 heteroatoms. The van der Waals surface area contributed by atoms with E-state index in [0.29, 0.717) is 12.8 Å². The Labute approximate surface area is 140 Å². The van der Waals surface area contributed by atoms with Crippen LogP contribution in [0.2, 0.25) is 0 Å². The number of rotatable bonds is 4. The van der Waals surface area contributed by atoms with Crippen molar-refractivity contribution in [1.29, 1.82) is 0 Å². The number of carbonyl (C=O) groups excluding carboxylic acids is 1. The van der Waals surface area contributed by atoms with Crippen LogP contribution >= 0.6 is 0 Å². The summed E-state index contributed by atoms with van der Waals surface area (Å²) in [5.74, 6) is 0.379. The van der Waals surface area contributed by atoms with Crippen LogP contribution in [0.5, 0.6) is 11.5 Å². The van der Waals surface area contributed by atoms with Gasteiger partial charge >= 0.3 is 0 Å². The zero-order valence-electron chi connectivity index (χ0n) is 13.4. The molecule has 24 heavy (non-hydrogen) atoms. The smallest absolute Gasteiger partial charge is 0.220 e. The van der Waals surface area contributed by atoms with Gasteiger partial charge in [0.1, 0.15) is 11.5 Å². The molecule has 0 spiro atoms. The van der Waals surface area contributed by atoms with Crippen molar-refractivity contribution < 1.29 is 15.0 Å². The van der Waals surface area contributed by atoms with Gasteiger partial charge in [-0.15, -0.1) is 0 Å². The molecule has 3 N–H and O–H groups in total. The standard InChI is InChI=1S/C20H19NO3/c1-21-20(24)10-8-18-17-7-5-14(11-15(17)6-9-19(18)23)13-3-2-4-16(22)12-13/h2-7,9,11-12,22-23H,8,10H2,1H3,(H,21,24). The van der Waals surface area contributed by atoms with Crippen LogP contribution in [0, 0.1) is 0 Å². The largest absolute Gasteiger partial charge is 0.508 e. The van der Waals surface area contributed by atoms with Crippen LogP contribution in [-0.4, -0.2) is 23.2 Å². The predicted octanol–water partition coefficient (Wildman–Crippen LogP) is 3.60. The Morgan fingerprint density at radius 1 is 1.00 bits per heavy atom. The molecule has 0 aliphatic heterocycles. The fourth-order valence-corrected chi connectivity index (χ4v) is 2.87. The van der Waals surface area contributed by atoms with Gasteiger partial charge in [0, 0.05) is 19.0 Å². The minimum absolute atomic E-state index is 0.0530. The summed E-state index contributed by atoms with van der Waals surface area (Å²) in [6, 6.07) is 16.6. The van der Waals surface area contributed by atoms with E-state index in [4.69, 9.17) is 0 Å². The molecule has 3 aromatic carbocycles. The first kappa shape index (κ1) is 15.9. The Morgan fingerprint density at radius 3 is 2.54 bits per heavy atom. The molecule has 0 atom stereocenters. The Morgan fingerprint density at radius 2 is 1.79 bits per heavy atom. The summed E-state index contributed by atoms with van der Waals surface area (Å²) in [5.41, 5.74) is 2.69. The second-order valence-electron chi connectivity index (χ2n) is 5.72. The first-order valence-electron chi connectivity index (χ1n) is 7.83. The normalized spacial score (nSPS) is 10.7. The summed E-state index contributed by atoms with van der Waals surface area (Å²) in [4.78, 5) is 11.5. The number of benzene rings is 3. The van der Waals surface area contributed by atoms with Gasteiger partial charge in [0.25, 0.3) is 0 Å². The van der Waals surface area contributed by atoms with Crippen molar-refractivity contribution in [3.63, 3.8) is 0 Å². The highest BCUT2D eigenvalue weighted by Gasteiger charge is 2.10. The monoisotopic (exact) mass is 321 g/mol. The molecule has 0 aliphatic rings. The van der Waals surface area contributed by atoms with Crippen LogP contribution in [0.4, 0.5) is 0 Å². The van der Waals surface area contributed by atoms with Gasteiger partial charge in [0.05, 0.1) is 0 Å². The van der Waals surface area contributed by atoms with Gasteiger partial charge in [-0.2, -0.15) is 0 Å². The van der Waals surface area contributed by atoms with Gasteiger partial charge in [-0.05, 0) is 52.6 Å². The van der Waals surface area contributed by atoms with Gasteiger partial charge in [-0.25, -0.2) is 0 Å². The molecular formula is C20H19NO3. The van der Waals surface area contributed by atoms with Crippen molar-refractivity contribution in [2.24, 2.45) is 0 Å². The molecule has 1 amide bonds. The number of aryl methyl sites for hydroxylation is 1. The Hall–Kier alpha value is -3.01. The highest BCUT2D eigenvalue weighted by molar-refractivity contribution is 5.92. The lowest BCUT2D eigenvalue weighted by molar-refractivity contribution is -0.120. The molecule has 122 valence electrons. The highest BCUT2D eigenvalue weighted by Crippen LogP contribution is 2.32. The topological polar surface area (TPSA) is 69.6 Å². The lowest BCUT2D eigenvalue weighted by atomic mass is 9.96. The minimum atomic E-state index is -0.0530. The molecule has 0 bridgehead atoms. The van der Waals surface area contributed by atoms with E-state index >= 15 is 0 Å². The number of aromatic hydroxyl groups is 2. The highest BCUT2D eigenvalue weighted by atomic mass is 16.3. The lowest BCUT2D eigenvalue weighted by Crippen LogP contribution is -2.18. The van der Waals surface area contributed by atoms with E-state index in [1.54, 1.807) is 31.3 Å². The van der Waals surface area contributed by atoms with Crippen LogP contribution in [0.15, 0.2) is 54.6 Å². The van der Waals surface area contributed by atoms with Crippen molar-refractivity contribution in [1.82, 2.24) is 5.32 Å². The number of fused-ring (bicyclic) bond motifs is 1. The quantitative estimate of drug-likeness (QED) is 0.688. The zero-order valence-corrected chi connectivity index (χ0v) is 13.4.